The Kier molecular flexibility index (Phi) is 7.19. The lowest BCUT2D eigenvalue weighted by Crippen LogP contribution is -2.24. The zero-order valence-corrected chi connectivity index (χ0v) is 16.9. The van der Waals surface area contributed by atoms with Crippen molar-refractivity contribution in [1.29, 1.82) is 0 Å². The molecule has 1 amide bonds. The van der Waals surface area contributed by atoms with E-state index in [1.807, 2.05) is 13.0 Å². The molecule has 0 saturated carbocycles. The molecule has 0 atom stereocenters. The number of aryl methyl sites for hydroxylation is 1. The van der Waals surface area contributed by atoms with Crippen molar-refractivity contribution < 1.29 is 19.1 Å². The number of benzene rings is 3. The van der Waals surface area contributed by atoms with Crippen molar-refractivity contribution in [3.05, 3.63) is 94.5 Å². The standard InChI is InChI=1S/C23H19ClN2O4/c1-16-4-2-5-18(12-16)23(28)30-20-10-8-17(9-11-20)14-25-26-22(27)15-29-21-7-3-6-19(24)13-21/h2-14H,15H2,1H3,(H,26,27). The van der Waals surface area contributed by atoms with E-state index in [2.05, 4.69) is 10.5 Å². The van der Waals surface area contributed by atoms with Crippen molar-refractivity contribution in [2.24, 2.45) is 5.10 Å². The molecule has 0 bridgehead atoms. The molecule has 0 aliphatic rings. The molecular formula is C23H19ClN2O4. The molecule has 3 rings (SSSR count). The number of hydrogen-bond acceptors (Lipinski definition) is 5. The monoisotopic (exact) mass is 422 g/mol. The van der Waals surface area contributed by atoms with Crippen LogP contribution >= 0.6 is 11.6 Å². The van der Waals surface area contributed by atoms with Crippen LogP contribution in [-0.4, -0.2) is 24.7 Å². The third kappa shape index (κ3) is 6.46. The Morgan fingerprint density at radius 1 is 1.00 bits per heavy atom. The number of esters is 1. The van der Waals surface area contributed by atoms with Gasteiger partial charge < -0.3 is 9.47 Å². The van der Waals surface area contributed by atoms with Crippen molar-refractivity contribution in [1.82, 2.24) is 5.43 Å². The number of hydrogen-bond donors (Lipinski definition) is 1. The number of nitrogens with zero attached hydrogens (tertiary/aromatic N) is 1. The number of nitrogens with one attached hydrogen (secondary N) is 1. The van der Waals surface area contributed by atoms with Crippen LogP contribution in [0.5, 0.6) is 11.5 Å². The SMILES string of the molecule is Cc1cccc(C(=O)Oc2ccc(C=NNC(=O)COc3cccc(Cl)c3)cc2)c1. The Morgan fingerprint density at radius 2 is 1.77 bits per heavy atom. The predicted octanol–water partition coefficient (Wildman–Crippen LogP) is 4.40. The predicted molar refractivity (Wildman–Crippen MR) is 115 cm³/mol. The molecule has 0 fully saturated rings. The van der Waals surface area contributed by atoms with Gasteiger partial charge in [0.15, 0.2) is 6.61 Å². The highest BCUT2D eigenvalue weighted by Gasteiger charge is 2.08. The second kappa shape index (κ2) is 10.2. The van der Waals surface area contributed by atoms with Gasteiger partial charge in [-0.3, -0.25) is 4.79 Å². The molecular weight excluding hydrogens is 404 g/mol. The zero-order valence-electron chi connectivity index (χ0n) is 16.2. The zero-order chi connectivity index (χ0) is 21.3. The van der Waals surface area contributed by atoms with Crippen LogP contribution in [-0.2, 0) is 4.79 Å². The van der Waals surface area contributed by atoms with Crippen LogP contribution in [0, 0.1) is 6.92 Å². The van der Waals surface area contributed by atoms with Gasteiger partial charge in [0.05, 0.1) is 11.8 Å². The molecule has 1 N–H and O–H groups in total. The van der Waals surface area contributed by atoms with E-state index in [-0.39, 0.29) is 6.61 Å². The topological polar surface area (TPSA) is 77.0 Å². The lowest BCUT2D eigenvalue weighted by Gasteiger charge is -2.06. The molecule has 152 valence electrons. The van der Waals surface area contributed by atoms with Crippen molar-refractivity contribution in [2.75, 3.05) is 6.61 Å². The Bertz CT molecular complexity index is 1060. The maximum absolute atomic E-state index is 12.2. The smallest absolute Gasteiger partial charge is 0.343 e. The normalized spacial score (nSPS) is 10.6. The minimum absolute atomic E-state index is 0.189. The summed E-state index contributed by atoms with van der Waals surface area (Å²) in [6.07, 6.45) is 1.48. The quantitative estimate of drug-likeness (QED) is 0.265. The van der Waals surface area contributed by atoms with Crippen LogP contribution in [0.25, 0.3) is 0 Å². The highest BCUT2D eigenvalue weighted by atomic mass is 35.5. The summed E-state index contributed by atoms with van der Waals surface area (Å²) >= 11 is 5.86. The van der Waals surface area contributed by atoms with Gasteiger partial charge in [-0.2, -0.15) is 5.10 Å². The molecule has 0 aromatic heterocycles. The van der Waals surface area contributed by atoms with E-state index in [0.717, 1.165) is 11.1 Å². The molecule has 0 aliphatic carbocycles. The Hall–Kier alpha value is -3.64. The van der Waals surface area contributed by atoms with Crippen LogP contribution in [0.2, 0.25) is 5.02 Å². The van der Waals surface area contributed by atoms with Gasteiger partial charge >= 0.3 is 5.97 Å². The average Bonchev–Trinajstić information content (AvgIpc) is 2.73. The number of ether oxygens (including phenoxy) is 2. The van der Waals surface area contributed by atoms with E-state index in [4.69, 9.17) is 21.1 Å². The Labute approximate surface area is 179 Å². The first-order valence-electron chi connectivity index (χ1n) is 9.09. The molecule has 7 heteroatoms. The number of rotatable bonds is 7. The highest BCUT2D eigenvalue weighted by Crippen LogP contribution is 2.17. The number of amides is 1. The van der Waals surface area contributed by atoms with E-state index in [1.54, 1.807) is 66.7 Å². The van der Waals surface area contributed by atoms with E-state index >= 15 is 0 Å². The Balaban J connectivity index is 1.47. The molecule has 30 heavy (non-hydrogen) atoms. The summed E-state index contributed by atoms with van der Waals surface area (Å²) in [4.78, 5) is 24.0. The third-order valence-electron chi connectivity index (χ3n) is 3.91. The van der Waals surface area contributed by atoms with Crippen molar-refractivity contribution in [2.45, 2.75) is 6.92 Å². The molecule has 6 nitrogen and oxygen atoms in total. The van der Waals surface area contributed by atoms with Gasteiger partial charge in [-0.15, -0.1) is 0 Å². The van der Waals surface area contributed by atoms with Crippen molar-refractivity contribution in [3.8, 4) is 11.5 Å². The fraction of sp³-hybridized carbons (Fsp3) is 0.0870. The molecule has 3 aromatic rings. The number of carbonyl (C=O) groups is 2. The number of halogens is 1. The molecule has 0 heterocycles. The third-order valence-corrected chi connectivity index (χ3v) is 4.15. The summed E-state index contributed by atoms with van der Waals surface area (Å²) in [6, 6.07) is 20.7. The molecule has 3 aromatic carbocycles. The first-order chi connectivity index (χ1) is 14.5. The lowest BCUT2D eigenvalue weighted by atomic mass is 10.1. The van der Waals surface area contributed by atoms with Gasteiger partial charge in [-0.1, -0.05) is 35.4 Å². The summed E-state index contributed by atoms with van der Waals surface area (Å²) in [5.41, 5.74) is 4.57. The Morgan fingerprint density at radius 3 is 2.50 bits per heavy atom. The average molecular weight is 423 g/mol. The van der Waals surface area contributed by atoms with E-state index in [9.17, 15) is 9.59 Å². The van der Waals surface area contributed by atoms with Gasteiger partial charge in [-0.25, -0.2) is 10.2 Å². The van der Waals surface area contributed by atoms with Crippen molar-refractivity contribution >= 4 is 29.7 Å². The lowest BCUT2D eigenvalue weighted by molar-refractivity contribution is -0.123. The second-order valence-corrected chi connectivity index (χ2v) is 6.80. The van der Waals surface area contributed by atoms with Gasteiger partial charge in [-0.05, 0) is 67.1 Å². The van der Waals surface area contributed by atoms with Crippen LogP contribution in [0.4, 0.5) is 0 Å². The molecule has 0 radical (unpaired) electrons. The van der Waals surface area contributed by atoms with Gasteiger partial charge in [0.25, 0.3) is 5.91 Å². The minimum atomic E-state index is -0.424. The van der Waals surface area contributed by atoms with E-state index in [1.165, 1.54) is 6.21 Å². The fourth-order valence-corrected chi connectivity index (χ4v) is 2.66. The summed E-state index contributed by atoms with van der Waals surface area (Å²) in [6.45, 7) is 1.72. The van der Waals surface area contributed by atoms with Crippen LogP contribution in [0.1, 0.15) is 21.5 Å². The second-order valence-electron chi connectivity index (χ2n) is 6.37. The molecule has 0 aliphatic heterocycles. The first-order valence-corrected chi connectivity index (χ1v) is 9.46. The summed E-state index contributed by atoms with van der Waals surface area (Å²) < 4.78 is 10.7. The van der Waals surface area contributed by atoms with Gasteiger partial charge in [0, 0.05) is 5.02 Å². The van der Waals surface area contributed by atoms with Crippen LogP contribution in [0.3, 0.4) is 0 Å². The molecule has 0 unspecified atom stereocenters. The van der Waals surface area contributed by atoms with Crippen molar-refractivity contribution in [3.63, 3.8) is 0 Å². The summed E-state index contributed by atoms with van der Waals surface area (Å²) in [5.74, 6) is 0.0806. The maximum atomic E-state index is 12.2. The molecule has 0 spiro atoms. The van der Waals surface area contributed by atoms with E-state index < -0.39 is 11.9 Å². The van der Waals surface area contributed by atoms with Crippen LogP contribution < -0.4 is 14.9 Å². The minimum Gasteiger partial charge on any atom is -0.484 e. The summed E-state index contributed by atoms with van der Waals surface area (Å²) in [5, 5.41) is 4.41. The molecule has 0 saturated heterocycles. The van der Waals surface area contributed by atoms with Crippen LogP contribution in [0.15, 0.2) is 77.9 Å². The first kappa shape index (κ1) is 21.1. The maximum Gasteiger partial charge on any atom is 0.343 e. The largest absolute Gasteiger partial charge is 0.484 e. The fourth-order valence-electron chi connectivity index (χ4n) is 2.48. The van der Waals surface area contributed by atoms with Gasteiger partial charge in [0.2, 0.25) is 0 Å². The summed E-state index contributed by atoms with van der Waals surface area (Å²) in [7, 11) is 0. The highest BCUT2D eigenvalue weighted by molar-refractivity contribution is 6.30. The van der Waals surface area contributed by atoms with E-state index in [0.29, 0.717) is 22.1 Å². The number of carbonyl (C=O) groups excluding carboxylic acids is 2. The van der Waals surface area contributed by atoms with Gasteiger partial charge in [0.1, 0.15) is 11.5 Å². The number of hydrazone groups is 1.